The molecular weight excluding hydrogens is 345 g/mol. The molecule has 0 spiro atoms. The fourth-order valence-electron chi connectivity index (χ4n) is 2.04. The van der Waals surface area contributed by atoms with E-state index in [4.69, 9.17) is 16.3 Å². The van der Waals surface area contributed by atoms with E-state index < -0.39 is 16.5 Å². The Labute approximate surface area is 138 Å². The summed E-state index contributed by atoms with van der Waals surface area (Å²) in [6, 6.07) is 2.89. The van der Waals surface area contributed by atoms with Crippen LogP contribution in [-0.2, 0) is 4.74 Å². The van der Waals surface area contributed by atoms with Crippen molar-refractivity contribution in [1.82, 2.24) is 14.5 Å². The van der Waals surface area contributed by atoms with Gasteiger partial charge in [0.1, 0.15) is 10.7 Å². The van der Waals surface area contributed by atoms with Crippen molar-refractivity contribution < 1.29 is 13.9 Å². The first-order chi connectivity index (χ1) is 11.0. The summed E-state index contributed by atoms with van der Waals surface area (Å²) in [6.07, 6.45) is 2.28. The second-order valence-electron chi connectivity index (χ2n) is 4.41. The SMILES string of the molecule is CCOC(=O)c1cn(-c2ncc(F)s2)c2nc(Cl)ccc2c1=O. The molecule has 3 heterocycles. The van der Waals surface area contributed by atoms with Crippen molar-refractivity contribution in [1.29, 1.82) is 0 Å². The summed E-state index contributed by atoms with van der Waals surface area (Å²) in [5.74, 6) is -0.764. The minimum absolute atomic E-state index is 0.126. The molecule has 9 heteroatoms. The molecule has 0 amide bonds. The highest BCUT2D eigenvalue weighted by molar-refractivity contribution is 7.12. The summed E-state index contributed by atoms with van der Waals surface area (Å²) in [5, 5.41) is 0.0292. The second-order valence-corrected chi connectivity index (χ2v) is 5.76. The number of hydrogen-bond donors (Lipinski definition) is 0. The van der Waals surface area contributed by atoms with Gasteiger partial charge in [-0.1, -0.05) is 22.9 Å². The van der Waals surface area contributed by atoms with E-state index in [-0.39, 0.29) is 33.5 Å². The highest BCUT2D eigenvalue weighted by Gasteiger charge is 2.19. The van der Waals surface area contributed by atoms with Crippen LogP contribution in [0.3, 0.4) is 0 Å². The van der Waals surface area contributed by atoms with E-state index >= 15 is 0 Å². The number of esters is 1. The molecule has 0 atom stereocenters. The minimum Gasteiger partial charge on any atom is -0.462 e. The average molecular weight is 354 g/mol. The molecule has 3 aromatic rings. The number of carbonyl (C=O) groups is 1. The van der Waals surface area contributed by atoms with E-state index in [9.17, 15) is 14.0 Å². The highest BCUT2D eigenvalue weighted by Crippen LogP contribution is 2.21. The lowest BCUT2D eigenvalue weighted by atomic mass is 10.2. The highest BCUT2D eigenvalue weighted by atomic mass is 35.5. The molecule has 0 bridgehead atoms. The number of hydrogen-bond acceptors (Lipinski definition) is 6. The molecule has 3 rings (SSSR count). The molecule has 0 aromatic carbocycles. The average Bonchev–Trinajstić information content (AvgIpc) is 2.94. The molecule has 0 radical (unpaired) electrons. The molecule has 6 nitrogen and oxygen atoms in total. The van der Waals surface area contributed by atoms with Gasteiger partial charge in [0.25, 0.3) is 0 Å². The van der Waals surface area contributed by atoms with Crippen LogP contribution in [0.2, 0.25) is 5.15 Å². The fourth-order valence-corrected chi connectivity index (χ4v) is 2.80. The monoisotopic (exact) mass is 353 g/mol. The summed E-state index contributed by atoms with van der Waals surface area (Å²) >= 11 is 6.63. The third kappa shape index (κ3) is 2.82. The van der Waals surface area contributed by atoms with Gasteiger partial charge in [0.15, 0.2) is 15.9 Å². The van der Waals surface area contributed by atoms with Crippen LogP contribution in [0, 0.1) is 5.13 Å². The molecule has 0 aliphatic heterocycles. The topological polar surface area (TPSA) is 74.1 Å². The van der Waals surface area contributed by atoms with Gasteiger partial charge in [0.05, 0.1) is 18.2 Å². The van der Waals surface area contributed by atoms with E-state index in [0.29, 0.717) is 0 Å². The van der Waals surface area contributed by atoms with Gasteiger partial charge in [-0.3, -0.25) is 9.36 Å². The number of aromatic nitrogens is 3. The maximum atomic E-state index is 13.3. The van der Waals surface area contributed by atoms with Crippen molar-refractivity contribution in [3.63, 3.8) is 0 Å². The molecule has 0 aliphatic carbocycles. The quantitative estimate of drug-likeness (QED) is 0.534. The summed E-state index contributed by atoms with van der Waals surface area (Å²) in [6.45, 7) is 1.76. The summed E-state index contributed by atoms with van der Waals surface area (Å²) in [5.41, 5.74) is -0.528. The van der Waals surface area contributed by atoms with Gasteiger partial charge in [-0.25, -0.2) is 14.8 Å². The number of nitrogens with zero attached hydrogens (tertiary/aromatic N) is 3. The van der Waals surface area contributed by atoms with Gasteiger partial charge in [-0.15, -0.1) is 0 Å². The van der Waals surface area contributed by atoms with Crippen molar-refractivity contribution in [2.75, 3.05) is 6.61 Å². The van der Waals surface area contributed by atoms with Crippen LogP contribution in [0.15, 0.2) is 29.3 Å². The Bertz CT molecular complexity index is 970. The Morgan fingerprint density at radius 2 is 2.26 bits per heavy atom. The predicted molar refractivity (Wildman–Crippen MR) is 83.9 cm³/mol. The Kier molecular flexibility index (Phi) is 4.10. The maximum absolute atomic E-state index is 13.3. The van der Waals surface area contributed by atoms with Crippen molar-refractivity contribution in [3.8, 4) is 5.13 Å². The maximum Gasteiger partial charge on any atom is 0.343 e. The zero-order chi connectivity index (χ0) is 16.6. The summed E-state index contributed by atoms with van der Waals surface area (Å²) in [7, 11) is 0. The summed E-state index contributed by atoms with van der Waals surface area (Å²) in [4.78, 5) is 32.4. The van der Waals surface area contributed by atoms with Crippen molar-refractivity contribution in [2.24, 2.45) is 0 Å². The van der Waals surface area contributed by atoms with E-state index in [2.05, 4.69) is 9.97 Å². The van der Waals surface area contributed by atoms with Crippen LogP contribution in [0.1, 0.15) is 17.3 Å². The number of carbonyl (C=O) groups excluding carboxylic acids is 1. The van der Waals surface area contributed by atoms with Gasteiger partial charge >= 0.3 is 5.97 Å². The lowest BCUT2D eigenvalue weighted by Crippen LogP contribution is -2.21. The lowest BCUT2D eigenvalue weighted by Gasteiger charge is -2.10. The molecule has 118 valence electrons. The molecule has 0 aliphatic rings. The van der Waals surface area contributed by atoms with Crippen molar-refractivity contribution >= 4 is 39.9 Å². The minimum atomic E-state index is -0.764. The number of thiazole rings is 1. The van der Waals surface area contributed by atoms with Gasteiger partial charge in [0, 0.05) is 6.20 Å². The van der Waals surface area contributed by atoms with E-state index in [1.807, 2.05) is 0 Å². The normalized spacial score (nSPS) is 10.9. The molecular formula is C14H9ClFN3O3S. The molecule has 0 unspecified atom stereocenters. The number of pyridine rings is 2. The van der Waals surface area contributed by atoms with E-state index in [1.165, 1.54) is 22.9 Å². The fraction of sp³-hybridized carbons (Fsp3) is 0.143. The Morgan fingerprint density at radius 1 is 1.48 bits per heavy atom. The Morgan fingerprint density at radius 3 is 2.91 bits per heavy atom. The Balaban J connectivity index is 2.36. The van der Waals surface area contributed by atoms with Crippen LogP contribution in [0.4, 0.5) is 4.39 Å². The van der Waals surface area contributed by atoms with Crippen LogP contribution in [0.25, 0.3) is 16.2 Å². The molecule has 0 N–H and O–H groups in total. The molecule has 0 fully saturated rings. The third-order valence-corrected chi connectivity index (χ3v) is 3.98. The first kappa shape index (κ1) is 15.6. The van der Waals surface area contributed by atoms with E-state index in [1.54, 1.807) is 6.92 Å². The standard InChI is InChI=1S/C14H9ClFN3O3S/c1-2-22-13(21)8-6-19(14-17-5-10(16)23-14)12-7(11(8)20)3-4-9(15)18-12/h3-6H,2H2,1H3. The van der Waals surface area contributed by atoms with Crippen LogP contribution in [-0.4, -0.2) is 27.1 Å². The molecule has 0 saturated heterocycles. The third-order valence-electron chi connectivity index (χ3n) is 2.98. The van der Waals surface area contributed by atoms with Gasteiger partial charge in [-0.05, 0) is 19.1 Å². The number of halogens is 2. The van der Waals surface area contributed by atoms with Crippen molar-refractivity contribution in [2.45, 2.75) is 6.92 Å². The largest absolute Gasteiger partial charge is 0.462 e. The summed E-state index contributed by atoms with van der Waals surface area (Å²) < 4.78 is 19.5. The predicted octanol–water partition coefficient (Wildman–Crippen LogP) is 2.81. The van der Waals surface area contributed by atoms with Gasteiger partial charge in [0.2, 0.25) is 5.43 Å². The Hall–Kier alpha value is -2.32. The number of ether oxygens (including phenoxy) is 1. The smallest absolute Gasteiger partial charge is 0.343 e. The van der Waals surface area contributed by atoms with Gasteiger partial charge in [-0.2, -0.15) is 4.39 Å². The van der Waals surface area contributed by atoms with Crippen molar-refractivity contribution in [3.05, 3.63) is 50.6 Å². The zero-order valence-corrected chi connectivity index (χ0v) is 13.3. The van der Waals surface area contributed by atoms with Crippen LogP contribution >= 0.6 is 22.9 Å². The van der Waals surface area contributed by atoms with E-state index in [0.717, 1.165) is 17.5 Å². The first-order valence-electron chi connectivity index (χ1n) is 6.52. The number of fused-ring (bicyclic) bond motifs is 1. The number of rotatable bonds is 3. The molecule has 3 aromatic heterocycles. The van der Waals surface area contributed by atoms with Crippen LogP contribution < -0.4 is 5.43 Å². The lowest BCUT2D eigenvalue weighted by molar-refractivity contribution is 0.0524. The van der Waals surface area contributed by atoms with Gasteiger partial charge < -0.3 is 4.74 Å². The molecule has 0 saturated carbocycles. The second kappa shape index (κ2) is 6.05. The first-order valence-corrected chi connectivity index (χ1v) is 7.71. The molecule has 23 heavy (non-hydrogen) atoms. The zero-order valence-electron chi connectivity index (χ0n) is 11.7. The van der Waals surface area contributed by atoms with Crippen LogP contribution in [0.5, 0.6) is 0 Å².